The van der Waals surface area contributed by atoms with Gasteiger partial charge in [0.1, 0.15) is 11.4 Å². The van der Waals surface area contributed by atoms with Crippen LogP contribution in [0.3, 0.4) is 0 Å². The highest BCUT2D eigenvalue weighted by atomic mass is 35.5. The van der Waals surface area contributed by atoms with Crippen LogP contribution < -0.4 is 16.2 Å². The van der Waals surface area contributed by atoms with Crippen LogP contribution in [-0.2, 0) is 32.9 Å². The molecule has 1 atom stereocenters. The molecule has 1 fully saturated rings. The molecule has 34 heavy (non-hydrogen) atoms. The number of amides is 3. The van der Waals surface area contributed by atoms with E-state index in [0.29, 0.717) is 34.6 Å². The number of aryl methyl sites for hydroxylation is 1. The summed E-state index contributed by atoms with van der Waals surface area (Å²) < 4.78 is 1.38. The summed E-state index contributed by atoms with van der Waals surface area (Å²) in [5.41, 5.74) is 0.498. The smallest absolute Gasteiger partial charge is 0.262 e. The number of rotatable bonds is 5. The molecule has 8 nitrogen and oxygen atoms in total. The average Bonchev–Trinajstić information content (AvgIpc) is 2.91. The topological polar surface area (TPSA) is 110 Å². The van der Waals surface area contributed by atoms with Crippen LogP contribution in [0.4, 0.5) is 0 Å². The van der Waals surface area contributed by atoms with Gasteiger partial charge in [-0.2, -0.15) is 0 Å². The van der Waals surface area contributed by atoms with Crippen molar-refractivity contribution in [3.63, 3.8) is 0 Å². The van der Waals surface area contributed by atoms with Crippen molar-refractivity contribution in [1.29, 1.82) is 0 Å². The van der Waals surface area contributed by atoms with E-state index in [4.69, 9.17) is 11.6 Å². The molecule has 1 saturated heterocycles. The molecule has 4 rings (SSSR count). The first-order valence-corrected chi connectivity index (χ1v) is 11.4. The second kappa shape index (κ2) is 9.38. The summed E-state index contributed by atoms with van der Waals surface area (Å²) in [5, 5.41) is 6.20. The van der Waals surface area contributed by atoms with Crippen molar-refractivity contribution < 1.29 is 14.4 Å². The maximum Gasteiger partial charge on any atom is 0.262 e. The highest BCUT2D eigenvalue weighted by Gasteiger charge is 2.40. The van der Waals surface area contributed by atoms with Gasteiger partial charge in [-0.1, -0.05) is 29.8 Å². The maximum atomic E-state index is 13.5. The molecular formula is C25H25ClN4O4. The van der Waals surface area contributed by atoms with Crippen LogP contribution in [0.1, 0.15) is 43.1 Å². The molecule has 9 heteroatoms. The van der Waals surface area contributed by atoms with Gasteiger partial charge in [0.15, 0.2) is 0 Å². The van der Waals surface area contributed by atoms with Crippen LogP contribution in [0.15, 0.2) is 47.3 Å². The third-order valence-corrected chi connectivity index (χ3v) is 6.42. The van der Waals surface area contributed by atoms with Crippen LogP contribution in [0, 0.1) is 6.92 Å². The van der Waals surface area contributed by atoms with Crippen molar-refractivity contribution in [3.8, 4) is 0 Å². The minimum Gasteiger partial charge on any atom is -0.352 e. The number of hydrogen-bond donors (Lipinski definition) is 2. The lowest BCUT2D eigenvalue weighted by atomic mass is 9.94. The molecule has 1 aliphatic heterocycles. The molecule has 3 amide bonds. The van der Waals surface area contributed by atoms with Crippen LogP contribution in [0.2, 0.25) is 5.02 Å². The Morgan fingerprint density at radius 2 is 1.85 bits per heavy atom. The van der Waals surface area contributed by atoms with E-state index in [1.165, 1.54) is 4.57 Å². The number of imide groups is 1. The standard InChI is InChI=1S/C25H25ClN4O4/c1-15-28-20-10-7-17(14-27-22(32)13-16-5-8-18(26)9-6-16)12-19(20)23(33)30(15)25(2)11-3-4-21(31)29-24(25)34/h5-10,12H,3-4,11,13-14H2,1-2H3,(H,27,32)(H,29,31,34). The molecule has 1 aromatic heterocycles. The molecule has 2 N–H and O–H groups in total. The summed E-state index contributed by atoms with van der Waals surface area (Å²) >= 11 is 5.88. The summed E-state index contributed by atoms with van der Waals surface area (Å²) in [5.74, 6) is -0.612. The molecule has 176 valence electrons. The van der Waals surface area contributed by atoms with Crippen molar-refractivity contribution in [1.82, 2.24) is 20.2 Å². The molecule has 2 heterocycles. The lowest BCUT2D eigenvalue weighted by molar-refractivity contribution is -0.134. The first kappa shape index (κ1) is 23.6. The van der Waals surface area contributed by atoms with E-state index in [0.717, 1.165) is 11.1 Å². The van der Waals surface area contributed by atoms with Crippen LogP contribution in [-0.4, -0.2) is 27.3 Å². The van der Waals surface area contributed by atoms with E-state index in [1.54, 1.807) is 56.3 Å². The number of aromatic nitrogens is 2. The van der Waals surface area contributed by atoms with Gasteiger partial charge in [0.05, 0.1) is 17.3 Å². The third kappa shape index (κ3) is 4.72. The monoisotopic (exact) mass is 480 g/mol. The van der Waals surface area contributed by atoms with E-state index in [9.17, 15) is 19.2 Å². The molecule has 0 spiro atoms. The zero-order valence-electron chi connectivity index (χ0n) is 19.0. The molecule has 0 bridgehead atoms. The fourth-order valence-corrected chi connectivity index (χ4v) is 4.46. The Morgan fingerprint density at radius 3 is 2.59 bits per heavy atom. The summed E-state index contributed by atoms with van der Waals surface area (Å²) in [6, 6.07) is 12.3. The first-order valence-electron chi connectivity index (χ1n) is 11.1. The Morgan fingerprint density at radius 1 is 1.15 bits per heavy atom. The fourth-order valence-electron chi connectivity index (χ4n) is 4.33. The quantitative estimate of drug-likeness (QED) is 0.545. The van der Waals surface area contributed by atoms with Crippen LogP contribution >= 0.6 is 11.6 Å². The SMILES string of the molecule is Cc1nc2ccc(CNC(=O)Cc3ccc(Cl)cc3)cc2c(=O)n1C1(C)CCCC(=O)NC1=O. The van der Waals surface area contributed by atoms with E-state index < -0.39 is 11.4 Å². The van der Waals surface area contributed by atoms with Crippen molar-refractivity contribution in [2.75, 3.05) is 0 Å². The number of carbonyl (C=O) groups is 3. The Labute approximate surface area is 201 Å². The molecule has 2 aromatic carbocycles. The maximum absolute atomic E-state index is 13.5. The Balaban J connectivity index is 1.60. The van der Waals surface area contributed by atoms with Gasteiger partial charge < -0.3 is 5.32 Å². The van der Waals surface area contributed by atoms with Gasteiger partial charge in [-0.15, -0.1) is 0 Å². The minimum absolute atomic E-state index is 0.158. The predicted octanol–water partition coefficient (Wildman–Crippen LogP) is 2.76. The highest BCUT2D eigenvalue weighted by molar-refractivity contribution is 6.30. The summed E-state index contributed by atoms with van der Waals surface area (Å²) in [4.78, 5) is 55.0. The molecule has 0 saturated carbocycles. The van der Waals surface area contributed by atoms with Gasteiger partial charge in [-0.25, -0.2) is 4.98 Å². The zero-order valence-corrected chi connectivity index (χ0v) is 19.7. The number of hydrogen-bond acceptors (Lipinski definition) is 5. The Kier molecular flexibility index (Phi) is 6.52. The highest BCUT2D eigenvalue weighted by Crippen LogP contribution is 2.27. The van der Waals surface area contributed by atoms with Gasteiger partial charge in [-0.3, -0.25) is 29.1 Å². The number of halogens is 1. The largest absolute Gasteiger partial charge is 0.352 e. The molecule has 1 unspecified atom stereocenters. The van der Waals surface area contributed by atoms with E-state index >= 15 is 0 Å². The van der Waals surface area contributed by atoms with Crippen molar-refractivity contribution in [2.24, 2.45) is 0 Å². The van der Waals surface area contributed by atoms with Crippen LogP contribution in [0.5, 0.6) is 0 Å². The summed E-state index contributed by atoms with van der Waals surface area (Å²) in [7, 11) is 0. The Hall–Kier alpha value is -3.52. The first-order chi connectivity index (χ1) is 16.2. The molecule has 0 radical (unpaired) electrons. The van der Waals surface area contributed by atoms with Crippen LogP contribution in [0.25, 0.3) is 10.9 Å². The van der Waals surface area contributed by atoms with E-state index in [1.807, 2.05) is 0 Å². The number of nitrogens with one attached hydrogen (secondary N) is 2. The zero-order chi connectivity index (χ0) is 24.5. The normalized spacial score (nSPS) is 18.4. The van der Waals surface area contributed by atoms with Crippen molar-refractivity contribution in [3.05, 3.63) is 74.8 Å². The van der Waals surface area contributed by atoms with Gasteiger partial charge in [0.25, 0.3) is 11.5 Å². The number of benzene rings is 2. The van der Waals surface area contributed by atoms with Crippen molar-refractivity contribution >= 4 is 40.2 Å². The summed E-state index contributed by atoms with van der Waals surface area (Å²) in [6.45, 7) is 3.57. The van der Waals surface area contributed by atoms with Crippen molar-refractivity contribution in [2.45, 2.75) is 51.6 Å². The second-order valence-corrected chi connectivity index (χ2v) is 9.17. The molecule has 0 aliphatic carbocycles. The summed E-state index contributed by atoms with van der Waals surface area (Å²) in [6.07, 6.45) is 1.27. The molecular weight excluding hydrogens is 456 g/mol. The predicted molar refractivity (Wildman–Crippen MR) is 128 cm³/mol. The fraction of sp³-hybridized carbons (Fsp3) is 0.320. The van der Waals surface area contributed by atoms with Gasteiger partial charge in [0.2, 0.25) is 11.8 Å². The Bertz CT molecular complexity index is 1350. The second-order valence-electron chi connectivity index (χ2n) is 8.74. The average molecular weight is 481 g/mol. The lowest BCUT2D eigenvalue weighted by Gasteiger charge is -2.30. The van der Waals surface area contributed by atoms with E-state index in [-0.39, 0.29) is 36.8 Å². The van der Waals surface area contributed by atoms with Gasteiger partial charge in [-0.05, 0) is 62.1 Å². The number of fused-ring (bicyclic) bond motifs is 1. The molecule has 3 aromatic rings. The van der Waals surface area contributed by atoms with Gasteiger partial charge >= 0.3 is 0 Å². The number of carbonyl (C=O) groups excluding carboxylic acids is 3. The minimum atomic E-state index is -1.22. The van der Waals surface area contributed by atoms with E-state index in [2.05, 4.69) is 15.6 Å². The lowest BCUT2D eigenvalue weighted by Crippen LogP contribution is -2.51. The third-order valence-electron chi connectivity index (χ3n) is 6.17. The number of nitrogens with zero attached hydrogens (tertiary/aromatic N) is 2. The molecule has 1 aliphatic rings. The van der Waals surface area contributed by atoms with Gasteiger partial charge in [0, 0.05) is 18.0 Å².